The van der Waals surface area contributed by atoms with Crippen LogP contribution >= 0.6 is 0 Å². The Balaban J connectivity index is 1.93. The van der Waals surface area contributed by atoms with Crippen molar-refractivity contribution < 1.29 is 4.39 Å². The summed E-state index contributed by atoms with van der Waals surface area (Å²) in [7, 11) is 0. The summed E-state index contributed by atoms with van der Waals surface area (Å²) in [5.74, 6) is 0. The molecule has 0 fully saturated rings. The molecule has 2 aromatic heterocycles. The molecule has 0 amide bonds. The van der Waals surface area contributed by atoms with Crippen molar-refractivity contribution in [3.63, 3.8) is 0 Å². The van der Waals surface area contributed by atoms with Crippen LogP contribution in [0.25, 0.3) is 0 Å². The largest absolute Gasteiger partial charge is 0.377 e. The van der Waals surface area contributed by atoms with Gasteiger partial charge in [-0.05, 0) is 13.0 Å². The number of anilines is 1. The summed E-state index contributed by atoms with van der Waals surface area (Å²) in [6.07, 6.45) is 5.28. The highest BCUT2D eigenvalue weighted by atomic mass is 19.1. The Morgan fingerprint density at radius 2 is 2.29 bits per heavy atom. The molecule has 0 radical (unpaired) electrons. The lowest BCUT2D eigenvalue weighted by Crippen LogP contribution is -2.07. The average molecular weight is 237 g/mol. The molecular formula is C11H16FN5. The van der Waals surface area contributed by atoms with Crippen LogP contribution in [0.3, 0.4) is 0 Å². The van der Waals surface area contributed by atoms with Crippen LogP contribution < -0.4 is 5.32 Å². The Labute approximate surface area is 99.2 Å². The maximum atomic E-state index is 12.1. The van der Waals surface area contributed by atoms with E-state index in [-0.39, 0.29) is 0 Å². The maximum absolute atomic E-state index is 12.1. The smallest absolute Gasteiger partial charge is 0.109 e. The van der Waals surface area contributed by atoms with Gasteiger partial charge in [-0.25, -0.2) is 4.39 Å². The van der Waals surface area contributed by atoms with Crippen LogP contribution in [-0.2, 0) is 19.6 Å². The lowest BCUT2D eigenvalue weighted by molar-refractivity contribution is 0.427. The number of hydrogen-bond donors (Lipinski definition) is 1. The number of aryl methyl sites for hydroxylation is 2. The van der Waals surface area contributed by atoms with Crippen molar-refractivity contribution in [2.75, 3.05) is 12.0 Å². The van der Waals surface area contributed by atoms with Crippen LogP contribution in [-0.4, -0.2) is 26.2 Å². The Morgan fingerprint density at radius 3 is 3.06 bits per heavy atom. The molecule has 6 heteroatoms. The lowest BCUT2D eigenvalue weighted by Gasteiger charge is -2.05. The van der Waals surface area contributed by atoms with Crippen LogP contribution in [0.15, 0.2) is 24.7 Å². The van der Waals surface area contributed by atoms with Gasteiger partial charge in [-0.1, -0.05) is 0 Å². The molecule has 0 aromatic carbocycles. The number of aromatic nitrogens is 4. The first-order valence-electron chi connectivity index (χ1n) is 5.66. The van der Waals surface area contributed by atoms with E-state index in [0.29, 0.717) is 13.1 Å². The molecule has 0 unspecified atom stereocenters. The second-order valence-electron chi connectivity index (χ2n) is 3.67. The van der Waals surface area contributed by atoms with E-state index in [1.807, 2.05) is 10.7 Å². The van der Waals surface area contributed by atoms with E-state index in [1.54, 1.807) is 23.3 Å². The first-order valence-corrected chi connectivity index (χ1v) is 5.66. The summed E-state index contributed by atoms with van der Waals surface area (Å²) in [4.78, 5) is 0. The molecule has 17 heavy (non-hydrogen) atoms. The topological polar surface area (TPSA) is 47.7 Å². The maximum Gasteiger partial charge on any atom is 0.109 e. The van der Waals surface area contributed by atoms with E-state index in [2.05, 4.69) is 22.4 Å². The SMILES string of the molecule is CCn1nccc1CNc1cnn(CCF)c1. The zero-order chi connectivity index (χ0) is 12.1. The number of nitrogens with one attached hydrogen (secondary N) is 1. The van der Waals surface area contributed by atoms with E-state index < -0.39 is 6.67 Å². The van der Waals surface area contributed by atoms with Gasteiger partial charge >= 0.3 is 0 Å². The quantitative estimate of drug-likeness (QED) is 0.831. The highest BCUT2D eigenvalue weighted by Gasteiger charge is 2.02. The summed E-state index contributed by atoms with van der Waals surface area (Å²) in [6.45, 7) is 3.49. The van der Waals surface area contributed by atoms with Gasteiger partial charge in [-0.2, -0.15) is 10.2 Å². The van der Waals surface area contributed by atoms with E-state index in [0.717, 1.165) is 17.9 Å². The molecule has 2 aromatic rings. The number of halogens is 1. The molecular weight excluding hydrogens is 221 g/mol. The fraction of sp³-hybridized carbons (Fsp3) is 0.455. The predicted molar refractivity (Wildman–Crippen MR) is 63.4 cm³/mol. The molecule has 0 saturated heterocycles. The van der Waals surface area contributed by atoms with Gasteiger partial charge in [0, 0.05) is 18.9 Å². The van der Waals surface area contributed by atoms with Crippen LogP contribution in [0.5, 0.6) is 0 Å². The number of nitrogens with zero attached hydrogens (tertiary/aromatic N) is 4. The predicted octanol–water partition coefficient (Wildman–Crippen LogP) is 1.68. The summed E-state index contributed by atoms with van der Waals surface area (Å²) in [5.41, 5.74) is 2.01. The summed E-state index contributed by atoms with van der Waals surface area (Å²) < 4.78 is 15.6. The average Bonchev–Trinajstić information content (AvgIpc) is 2.95. The summed E-state index contributed by atoms with van der Waals surface area (Å²) >= 11 is 0. The second kappa shape index (κ2) is 5.47. The third kappa shape index (κ3) is 2.83. The van der Waals surface area contributed by atoms with E-state index in [1.165, 1.54) is 0 Å². The number of hydrogen-bond acceptors (Lipinski definition) is 3. The Kier molecular flexibility index (Phi) is 3.74. The van der Waals surface area contributed by atoms with Crippen LogP contribution in [0.4, 0.5) is 10.1 Å². The highest BCUT2D eigenvalue weighted by molar-refractivity contribution is 5.38. The third-order valence-corrected chi connectivity index (χ3v) is 2.52. The minimum Gasteiger partial charge on any atom is -0.377 e. The zero-order valence-corrected chi connectivity index (χ0v) is 9.80. The highest BCUT2D eigenvalue weighted by Crippen LogP contribution is 2.08. The standard InChI is InChI=1S/C11H16FN5/c1-2-17-11(3-5-14-17)8-13-10-7-15-16(9-10)6-4-12/h3,5,7,9,13H,2,4,6,8H2,1H3. The Bertz CT molecular complexity index is 462. The van der Waals surface area contributed by atoms with Gasteiger partial charge in [0.05, 0.1) is 30.7 Å². The molecule has 0 aliphatic carbocycles. The third-order valence-electron chi connectivity index (χ3n) is 2.52. The van der Waals surface area contributed by atoms with Crippen molar-refractivity contribution >= 4 is 5.69 Å². The fourth-order valence-corrected chi connectivity index (χ4v) is 1.65. The molecule has 92 valence electrons. The van der Waals surface area contributed by atoms with Crippen LogP contribution in [0.1, 0.15) is 12.6 Å². The normalized spacial score (nSPS) is 10.7. The molecule has 0 aliphatic rings. The van der Waals surface area contributed by atoms with Crippen LogP contribution in [0.2, 0.25) is 0 Å². The zero-order valence-electron chi connectivity index (χ0n) is 9.80. The number of rotatable bonds is 6. The molecule has 1 N–H and O–H groups in total. The molecule has 0 spiro atoms. The van der Waals surface area contributed by atoms with Crippen molar-refractivity contribution in [1.29, 1.82) is 0 Å². The van der Waals surface area contributed by atoms with E-state index in [4.69, 9.17) is 0 Å². The van der Waals surface area contributed by atoms with Crippen LogP contribution in [0, 0.1) is 0 Å². The van der Waals surface area contributed by atoms with Gasteiger partial charge in [0.25, 0.3) is 0 Å². The van der Waals surface area contributed by atoms with Gasteiger partial charge < -0.3 is 5.32 Å². The molecule has 0 bridgehead atoms. The van der Waals surface area contributed by atoms with Gasteiger partial charge in [0.2, 0.25) is 0 Å². The fourth-order valence-electron chi connectivity index (χ4n) is 1.65. The summed E-state index contributed by atoms with van der Waals surface area (Å²) in [6, 6.07) is 1.97. The van der Waals surface area contributed by atoms with Gasteiger partial charge in [0.15, 0.2) is 0 Å². The Morgan fingerprint density at radius 1 is 1.41 bits per heavy atom. The molecule has 0 saturated carbocycles. The first-order chi connectivity index (χ1) is 8.33. The lowest BCUT2D eigenvalue weighted by atomic mass is 10.4. The van der Waals surface area contributed by atoms with E-state index in [9.17, 15) is 4.39 Å². The summed E-state index contributed by atoms with van der Waals surface area (Å²) in [5, 5.41) is 11.5. The molecule has 5 nitrogen and oxygen atoms in total. The molecule has 2 heterocycles. The van der Waals surface area contributed by atoms with Crippen molar-refractivity contribution in [1.82, 2.24) is 19.6 Å². The van der Waals surface area contributed by atoms with Crippen molar-refractivity contribution in [3.8, 4) is 0 Å². The van der Waals surface area contributed by atoms with Gasteiger partial charge in [0.1, 0.15) is 6.67 Å². The molecule has 0 aliphatic heterocycles. The van der Waals surface area contributed by atoms with Crippen molar-refractivity contribution in [2.24, 2.45) is 0 Å². The van der Waals surface area contributed by atoms with Crippen molar-refractivity contribution in [3.05, 3.63) is 30.4 Å². The van der Waals surface area contributed by atoms with Gasteiger partial charge in [-0.3, -0.25) is 9.36 Å². The minimum atomic E-state index is -0.399. The van der Waals surface area contributed by atoms with E-state index >= 15 is 0 Å². The monoisotopic (exact) mass is 237 g/mol. The van der Waals surface area contributed by atoms with Crippen molar-refractivity contribution in [2.45, 2.75) is 26.6 Å². The second-order valence-corrected chi connectivity index (χ2v) is 3.67. The molecule has 0 atom stereocenters. The first kappa shape index (κ1) is 11.6. The number of alkyl halides is 1. The molecule has 2 rings (SSSR count). The van der Waals surface area contributed by atoms with Gasteiger partial charge in [-0.15, -0.1) is 0 Å². The Hall–Kier alpha value is -1.85. The minimum absolute atomic E-state index is 0.300.